The first-order chi connectivity index (χ1) is 11.9. The van der Waals surface area contributed by atoms with E-state index in [1.807, 2.05) is 0 Å². The fraction of sp³-hybridized carbons (Fsp3) is 1.00. The van der Waals surface area contributed by atoms with Crippen LogP contribution in [0.1, 0.15) is 85.5 Å². The van der Waals surface area contributed by atoms with Gasteiger partial charge in [-0.3, -0.25) is 0 Å². The molecule has 9 atom stereocenters. The van der Waals surface area contributed by atoms with Crippen LogP contribution >= 0.6 is 0 Å². The van der Waals surface area contributed by atoms with Gasteiger partial charge in [-0.1, -0.05) is 20.8 Å². The lowest BCUT2D eigenvalue weighted by molar-refractivity contribution is -0.127. The lowest BCUT2D eigenvalue weighted by atomic mass is 9.44. The van der Waals surface area contributed by atoms with E-state index < -0.39 is 0 Å². The van der Waals surface area contributed by atoms with Crippen LogP contribution in [0.2, 0.25) is 0 Å². The molecule has 0 aromatic heterocycles. The van der Waals surface area contributed by atoms with Crippen molar-refractivity contribution in [2.75, 3.05) is 6.54 Å². The van der Waals surface area contributed by atoms with E-state index in [1.165, 1.54) is 44.9 Å². The number of hydrogen-bond acceptors (Lipinski definition) is 2. The van der Waals surface area contributed by atoms with E-state index in [2.05, 4.69) is 33.0 Å². The minimum atomic E-state index is -0.0136. The zero-order valence-corrected chi connectivity index (χ0v) is 17.1. The molecule has 4 saturated carbocycles. The maximum atomic E-state index is 10.2. The number of hydrogen-bond donors (Lipinski definition) is 2. The molecular formula is C23H41NO. The molecule has 0 spiro atoms. The smallest absolute Gasteiger partial charge is 0.0543 e. The van der Waals surface area contributed by atoms with E-state index >= 15 is 0 Å². The molecule has 4 aliphatic rings. The van der Waals surface area contributed by atoms with Crippen molar-refractivity contribution in [3.8, 4) is 0 Å². The molecule has 0 bridgehead atoms. The van der Waals surface area contributed by atoms with Crippen LogP contribution in [0.3, 0.4) is 0 Å². The molecule has 144 valence electrons. The Morgan fingerprint density at radius 2 is 1.68 bits per heavy atom. The Labute approximate surface area is 155 Å². The van der Waals surface area contributed by atoms with Crippen LogP contribution in [0.5, 0.6) is 0 Å². The third-order valence-corrected chi connectivity index (χ3v) is 9.84. The predicted molar refractivity (Wildman–Crippen MR) is 104 cm³/mol. The summed E-state index contributed by atoms with van der Waals surface area (Å²) in [6.07, 6.45) is 12.1. The Kier molecular flexibility index (Phi) is 4.77. The molecule has 0 amide bonds. The van der Waals surface area contributed by atoms with Gasteiger partial charge in [0.1, 0.15) is 0 Å². The van der Waals surface area contributed by atoms with Gasteiger partial charge in [-0.05, 0) is 112 Å². The molecule has 0 aliphatic heterocycles. The molecule has 2 nitrogen and oxygen atoms in total. The maximum Gasteiger partial charge on any atom is 0.0543 e. The topological polar surface area (TPSA) is 32.3 Å². The predicted octanol–water partition coefficient (Wildman–Crippen LogP) is 5.00. The fourth-order valence-corrected chi connectivity index (χ4v) is 8.56. The summed E-state index contributed by atoms with van der Waals surface area (Å²) in [6, 6.07) is 0.674. The second-order valence-electron chi connectivity index (χ2n) is 10.7. The summed E-state index contributed by atoms with van der Waals surface area (Å²) in [5.41, 5.74) is 1.09. The summed E-state index contributed by atoms with van der Waals surface area (Å²) in [6.45, 7) is 11.1. The van der Waals surface area contributed by atoms with E-state index in [-0.39, 0.29) is 6.10 Å². The van der Waals surface area contributed by atoms with Gasteiger partial charge in [-0.25, -0.2) is 0 Å². The summed E-state index contributed by atoms with van der Waals surface area (Å²) in [5.74, 6) is 4.53. The first-order valence-electron chi connectivity index (χ1n) is 11.3. The largest absolute Gasteiger partial charge is 0.393 e. The van der Waals surface area contributed by atoms with Gasteiger partial charge in [0.25, 0.3) is 0 Å². The molecule has 2 N–H and O–H groups in total. The number of aliphatic hydroxyl groups excluding tert-OH is 1. The molecule has 4 fully saturated rings. The van der Waals surface area contributed by atoms with Gasteiger partial charge in [-0.15, -0.1) is 0 Å². The summed E-state index contributed by atoms with van der Waals surface area (Å²) >= 11 is 0. The fourth-order valence-electron chi connectivity index (χ4n) is 8.56. The van der Waals surface area contributed by atoms with E-state index in [9.17, 15) is 5.11 Å². The van der Waals surface area contributed by atoms with Crippen LogP contribution in [0.4, 0.5) is 0 Å². The van der Waals surface area contributed by atoms with Crippen LogP contribution in [0, 0.1) is 40.4 Å². The Bertz CT molecular complexity index is 492. The average molecular weight is 348 g/mol. The SMILES string of the molecule is CCNC(C)C1CCC2C3CCC4CC(O)CCC4(C)C3CCC12C. The second-order valence-corrected chi connectivity index (χ2v) is 10.7. The zero-order valence-electron chi connectivity index (χ0n) is 17.1. The quantitative estimate of drug-likeness (QED) is 0.752. The monoisotopic (exact) mass is 347 g/mol. The zero-order chi connectivity index (χ0) is 17.8. The maximum absolute atomic E-state index is 10.2. The van der Waals surface area contributed by atoms with Crippen molar-refractivity contribution in [3.05, 3.63) is 0 Å². The molecule has 0 radical (unpaired) electrons. The molecule has 0 saturated heterocycles. The Hall–Kier alpha value is -0.0800. The van der Waals surface area contributed by atoms with Crippen LogP contribution in [-0.2, 0) is 0 Å². The molecule has 25 heavy (non-hydrogen) atoms. The van der Waals surface area contributed by atoms with Crippen LogP contribution < -0.4 is 5.32 Å². The highest BCUT2D eigenvalue weighted by Gasteiger charge is 2.60. The van der Waals surface area contributed by atoms with E-state index in [1.54, 1.807) is 0 Å². The van der Waals surface area contributed by atoms with Crippen molar-refractivity contribution in [3.63, 3.8) is 0 Å². The summed E-state index contributed by atoms with van der Waals surface area (Å²) in [7, 11) is 0. The number of aliphatic hydroxyl groups is 1. The standard InChI is InChI=1S/C23H41NO/c1-5-24-15(2)19-8-9-20-18-7-6-16-14-17(25)10-12-22(16,3)21(18)11-13-23(19,20)4/h15-21,24-25H,5-14H2,1-4H3. The van der Waals surface area contributed by atoms with Crippen molar-refractivity contribution in [1.82, 2.24) is 5.32 Å². The Morgan fingerprint density at radius 1 is 0.960 bits per heavy atom. The lowest BCUT2D eigenvalue weighted by Gasteiger charge is -2.61. The van der Waals surface area contributed by atoms with Crippen molar-refractivity contribution < 1.29 is 5.11 Å². The van der Waals surface area contributed by atoms with E-state index in [0.29, 0.717) is 16.9 Å². The van der Waals surface area contributed by atoms with Crippen molar-refractivity contribution in [2.45, 2.75) is 97.6 Å². The molecule has 4 rings (SSSR count). The highest BCUT2D eigenvalue weighted by atomic mass is 16.3. The molecule has 0 heterocycles. The Balaban J connectivity index is 1.56. The average Bonchev–Trinajstić information content (AvgIpc) is 2.93. The van der Waals surface area contributed by atoms with Gasteiger partial charge in [0.2, 0.25) is 0 Å². The minimum Gasteiger partial charge on any atom is -0.393 e. The van der Waals surface area contributed by atoms with Gasteiger partial charge in [0, 0.05) is 6.04 Å². The number of nitrogens with one attached hydrogen (secondary N) is 1. The first-order valence-corrected chi connectivity index (χ1v) is 11.3. The number of fused-ring (bicyclic) bond motifs is 5. The molecule has 0 aromatic carbocycles. The van der Waals surface area contributed by atoms with Crippen LogP contribution in [0.25, 0.3) is 0 Å². The molecular weight excluding hydrogens is 306 g/mol. The van der Waals surface area contributed by atoms with Crippen molar-refractivity contribution >= 4 is 0 Å². The van der Waals surface area contributed by atoms with Crippen molar-refractivity contribution in [1.29, 1.82) is 0 Å². The number of rotatable bonds is 3. The summed E-state index contributed by atoms with van der Waals surface area (Å²) in [5, 5.41) is 13.9. The third kappa shape index (κ3) is 2.73. The van der Waals surface area contributed by atoms with Gasteiger partial charge in [-0.2, -0.15) is 0 Å². The second kappa shape index (κ2) is 6.51. The third-order valence-electron chi connectivity index (χ3n) is 9.84. The summed E-state index contributed by atoms with van der Waals surface area (Å²) in [4.78, 5) is 0. The minimum absolute atomic E-state index is 0.0136. The summed E-state index contributed by atoms with van der Waals surface area (Å²) < 4.78 is 0. The Morgan fingerprint density at radius 3 is 2.44 bits per heavy atom. The molecule has 4 aliphatic carbocycles. The van der Waals surface area contributed by atoms with Crippen molar-refractivity contribution in [2.24, 2.45) is 40.4 Å². The van der Waals surface area contributed by atoms with Gasteiger partial charge in [0.15, 0.2) is 0 Å². The van der Waals surface area contributed by atoms with E-state index in [0.717, 1.165) is 49.0 Å². The highest BCUT2D eigenvalue weighted by molar-refractivity contribution is 5.10. The molecule has 9 unspecified atom stereocenters. The van der Waals surface area contributed by atoms with Gasteiger partial charge in [0.05, 0.1) is 6.10 Å². The van der Waals surface area contributed by atoms with Crippen LogP contribution in [0.15, 0.2) is 0 Å². The first kappa shape index (κ1) is 18.3. The molecule has 2 heteroatoms. The highest BCUT2D eigenvalue weighted by Crippen LogP contribution is 2.67. The van der Waals surface area contributed by atoms with Crippen LogP contribution in [-0.4, -0.2) is 23.8 Å². The van der Waals surface area contributed by atoms with Gasteiger partial charge >= 0.3 is 0 Å². The van der Waals surface area contributed by atoms with Gasteiger partial charge < -0.3 is 10.4 Å². The lowest BCUT2D eigenvalue weighted by Crippen LogP contribution is -2.55. The molecule has 0 aromatic rings. The van der Waals surface area contributed by atoms with E-state index in [4.69, 9.17) is 0 Å². The normalized spacial score (nSPS) is 53.6.